The number of aromatic amines is 1. The van der Waals surface area contributed by atoms with Crippen LogP contribution in [0.3, 0.4) is 0 Å². The highest BCUT2D eigenvalue weighted by atomic mass is 16.3. The van der Waals surface area contributed by atoms with Crippen LogP contribution in [0.1, 0.15) is 154 Å². The van der Waals surface area contributed by atoms with Crippen LogP contribution >= 0.6 is 0 Å². The second kappa shape index (κ2) is 35.2. The number of nitrogens with one attached hydrogen (secondary N) is 6. The summed E-state index contributed by atoms with van der Waals surface area (Å²) in [7, 11) is 10.4. The van der Waals surface area contributed by atoms with Gasteiger partial charge in [-0.3, -0.25) is 53.4 Å². The van der Waals surface area contributed by atoms with Crippen molar-refractivity contribution >= 4 is 75.9 Å². The van der Waals surface area contributed by atoms with Crippen molar-refractivity contribution in [1.82, 2.24) is 65.5 Å². The number of hydrogen-bond acceptors (Lipinski definition) is 14. The first-order chi connectivity index (χ1) is 43.5. The minimum absolute atomic E-state index is 0.00302. The van der Waals surface area contributed by atoms with Crippen molar-refractivity contribution in [3.8, 4) is 0 Å². The van der Waals surface area contributed by atoms with E-state index in [1.54, 1.807) is 64.9 Å². The molecule has 0 radical (unpaired) electrons. The third kappa shape index (κ3) is 20.9. The van der Waals surface area contributed by atoms with E-state index in [4.69, 9.17) is 16.1 Å². The minimum Gasteiger partial charge on any atom is -0.390 e. The van der Waals surface area contributed by atoms with Gasteiger partial charge in [0.1, 0.15) is 66.0 Å². The molecule has 0 bridgehead atoms. The van der Waals surface area contributed by atoms with Crippen LogP contribution in [-0.4, -0.2) is 237 Å². The first-order valence-corrected chi connectivity index (χ1v) is 33.2. The van der Waals surface area contributed by atoms with Crippen molar-refractivity contribution in [2.45, 2.75) is 216 Å². The second-order valence-corrected chi connectivity index (χ2v) is 28.5. The van der Waals surface area contributed by atoms with Gasteiger partial charge in [-0.25, -0.2) is 4.98 Å². The van der Waals surface area contributed by atoms with Crippen LogP contribution in [0.15, 0.2) is 30.5 Å². The molecule has 528 valence electrons. The highest BCUT2D eigenvalue weighted by Gasteiger charge is 2.45. The van der Waals surface area contributed by atoms with E-state index in [2.05, 4.69) is 32.8 Å². The van der Waals surface area contributed by atoms with Crippen LogP contribution in [-0.2, 0) is 54.4 Å². The highest BCUT2D eigenvalue weighted by Crippen LogP contribution is 2.29. The molecule has 0 spiro atoms. The number of nitrogens with two attached hydrogens (primary N) is 1. The Balaban J connectivity index is 2.33. The van der Waals surface area contributed by atoms with Gasteiger partial charge in [-0.1, -0.05) is 104 Å². The number of hydrogen-bond donors (Lipinski definition) is 8. The van der Waals surface area contributed by atoms with E-state index in [1.165, 1.54) is 68.7 Å². The summed E-state index contributed by atoms with van der Waals surface area (Å²) in [6.45, 7) is 32.5. The first-order valence-electron chi connectivity index (χ1n) is 33.2. The van der Waals surface area contributed by atoms with E-state index in [1.807, 2.05) is 69.2 Å². The van der Waals surface area contributed by atoms with E-state index >= 15 is 14.4 Å². The lowest BCUT2D eigenvalue weighted by Gasteiger charge is -2.44. The fourth-order valence-corrected chi connectivity index (χ4v) is 12.1. The topological polar surface area (TPSA) is 340 Å². The van der Waals surface area contributed by atoms with Crippen LogP contribution in [0.5, 0.6) is 0 Å². The standard InChI is InChI=1S/C68H115N15O11/c1-25-46-65(91)77(18)34-54(84)79(20)50(29-36(4)5)62(88)76-55(39(10)11)67(93)81(22)51(30-37(6)7)61(87)71-42(15)60(86)72-43(16)64(90)82(23)52(31-38(8)9)66(92)80(21)49(28-35(2)3)44(17)78(19)56(40(12)13)68(94)83(24)57(63(89)75-46)58(85)41(14)32-53-73-47-27-26-45(59(69)70)33-48(47)74-53/h26-27,33,35-43,46,49-52,55-58,85H,17,25,28-32,34H2,1-16,18-24H3,(H3,69,70)(H,71,87)(H,72,86)(H,73,74)(H,75,89)(H,76,88)/t41-,42+,43-,46+,49+,50+,51+,52+,55+,56+,57+,58-/m1/s1. The number of amidine groups is 1. The summed E-state index contributed by atoms with van der Waals surface area (Å²) in [4.78, 5) is 164. The van der Waals surface area contributed by atoms with E-state index < -0.39 is 150 Å². The fraction of sp³-hybridized carbons (Fsp3) is 0.706. The van der Waals surface area contributed by atoms with Gasteiger partial charge in [-0.2, -0.15) is 0 Å². The zero-order valence-electron chi connectivity index (χ0n) is 60.5. The van der Waals surface area contributed by atoms with Crippen molar-refractivity contribution in [1.29, 1.82) is 5.41 Å². The molecule has 26 nitrogen and oxygen atoms in total. The molecule has 12 atom stereocenters. The molecule has 0 aliphatic carbocycles. The number of aromatic nitrogens is 2. The summed E-state index contributed by atoms with van der Waals surface area (Å²) in [6, 6.07) is -6.72. The molecule has 94 heavy (non-hydrogen) atoms. The smallest absolute Gasteiger partial charge is 0.246 e. The number of nitrogen functional groups attached to an aromatic ring is 1. The van der Waals surface area contributed by atoms with Crippen LogP contribution < -0.4 is 27.0 Å². The lowest BCUT2D eigenvalue weighted by Crippen LogP contribution is -2.62. The number of H-pyrrole nitrogens is 1. The summed E-state index contributed by atoms with van der Waals surface area (Å²) in [5.74, 6) is -8.51. The van der Waals surface area contributed by atoms with Crippen LogP contribution in [0.2, 0.25) is 0 Å². The molecule has 1 aromatic carbocycles. The third-order valence-corrected chi connectivity index (χ3v) is 17.9. The Morgan fingerprint density at radius 3 is 1.57 bits per heavy atom. The van der Waals surface area contributed by atoms with E-state index in [-0.39, 0.29) is 61.6 Å². The maximum atomic E-state index is 15.6. The van der Waals surface area contributed by atoms with Crippen molar-refractivity contribution in [3.63, 3.8) is 0 Å². The van der Waals surface area contributed by atoms with Crippen molar-refractivity contribution < 1.29 is 53.1 Å². The van der Waals surface area contributed by atoms with Gasteiger partial charge < -0.3 is 71.4 Å². The maximum absolute atomic E-state index is 15.6. The van der Waals surface area contributed by atoms with Gasteiger partial charge in [-0.05, 0) is 106 Å². The Labute approximate surface area is 558 Å². The van der Waals surface area contributed by atoms with Gasteiger partial charge in [0, 0.05) is 67.0 Å². The molecule has 1 fully saturated rings. The molecular formula is C68H115N15O11. The molecule has 10 amide bonds. The van der Waals surface area contributed by atoms with Crippen LogP contribution in [0.25, 0.3) is 11.0 Å². The largest absolute Gasteiger partial charge is 0.390 e. The number of likely N-dealkylation sites (N-methyl/N-ethyl adjacent to an activating group) is 7. The molecule has 26 heteroatoms. The van der Waals surface area contributed by atoms with Crippen molar-refractivity contribution in [2.24, 2.45) is 47.2 Å². The van der Waals surface area contributed by atoms with Gasteiger partial charge in [0.15, 0.2) is 0 Å². The molecule has 9 N–H and O–H groups in total. The zero-order valence-corrected chi connectivity index (χ0v) is 60.5. The molecule has 0 saturated carbocycles. The minimum atomic E-state index is -1.66. The molecule has 3 rings (SSSR count). The number of imidazole rings is 1. The first kappa shape index (κ1) is 80.6. The zero-order chi connectivity index (χ0) is 72.0. The lowest BCUT2D eigenvalue weighted by atomic mass is 9.91. The molecule has 2 heterocycles. The highest BCUT2D eigenvalue weighted by molar-refractivity contribution is 5.99. The summed E-state index contributed by atoms with van der Waals surface area (Å²) in [5, 5.41) is 31.7. The second-order valence-electron chi connectivity index (χ2n) is 28.5. The summed E-state index contributed by atoms with van der Waals surface area (Å²) in [5.41, 5.74) is 7.74. The van der Waals surface area contributed by atoms with Crippen molar-refractivity contribution in [2.75, 3.05) is 55.9 Å². The molecule has 1 aliphatic rings. The normalized spacial score (nSPS) is 25.4. The molecule has 1 aliphatic heterocycles. The Bertz CT molecular complexity index is 3020. The number of carbonyl (C=O) groups excluding carboxylic acids is 10. The van der Waals surface area contributed by atoms with Crippen molar-refractivity contribution in [3.05, 3.63) is 41.9 Å². The lowest BCUT2D eigenvalue weighted by molar-refractivity contribution is -0.150. The van der Waals surface area contributed by atoms with Gasteiger partial charge in [-0.15, -0.1) is 0 Å². The number of aliphatic hydroxyl groups is 1. The van der Waals surface area contributed by atoms with Crippen LogP contribution in [0.4, 0.5) is 0 Å². The number of nitrogens with zero attached hydrogens (tertiary/aromatic N) is 8. The monoisotopic (exact) mass is 1320 g/mol. The molecule has 1 saturated heterocycles. The third-order valence-electron chi connectivity index (χ3n) is 17.9. The average molecular weight is 1320 g/mol. The average Bonchev–Trinajstić information content (AvgIpc) is 1.00. The Hall–Kier alpha value is -7.64. The van der Waals surface area contributed by atoms with Gasteiger partial charge in [0.05, 0.1) is 29.7 Å². The number of fused-ring (bicyclic) bond motifs is 1. The number of carbonyl (C=O) groups is 10. The van der Waals surface area contributed by atoms with Gasteiger partial charge in [0.2, 0.25) is 59.1 Å². The number of amides is 10. The summed E-state index contributed by atoms with van der Waals surface area (Å²) >= 11 is 0. The quantitative estimate of drug-likeness (QED) is 0.0878. The van der Waals surface area contributed by atoms with E-state index in [0.29, 0.717) is 34.5 Å². The molecule has 1 aromatic heterocycles. The Morgan fingerprint density at radius 1 is 0.574 bits per heavy atom. The van der Waals surface area contributed by atoms with Crippen LogP contribution in [0, 0.1) is 46.8 Å². The molecular weight excluding hydrogens is 1200 g/mol. The SMILES string of the molecule is C=C1[C@H](CC(C)C)N(C)C(=O)[C@H](CC(C)C)N(C)C(=O)[C@@H](C)NC(=O)[C@H](C)NC(=O)[C@H](CC(C)C)N(C)C(=O)[C@H](C(C)C)NC(=O)[C@H](CC(C)C)N(C)C(=O)CN(C)C(=O)[C@H](CC)NC(=O)[C@H]([C@H](O)[C@H](C)Cc2nc3ccc(C(=N)N)cc3[nH]2)N(C)C(=O)[C@H](C(C)C)N1C. The predicted molar refractivity (Wildman–Crippen MR) is 364 cm³/mol. The molecule has 0 unspecified atom stereocenters. The van der Waals surface area contributed by atoms with Gasteiger partial charge >= 0.3 is 0 Å². The number of benzene rings is 1. The fourth-order valence-electron chi connectivity index (χ4n) is 12.1. The summed E-state index contributed by atoms with van der Waals surface area (Å²) < 4.78 is 0. The summed E-state index contributed by atoms with van der Waals surface area (Å²) in [6.07, 6.45) is -0.664. The Kier molecular flexibility index (Phi) is 30.2. The number of aliphatic hydroxyl groups excluding tert-OH is 1. The Morgan fingerprint density at radius 2 is 1.06 bits per heavy atom. The van der Waals surface area contributed by atoms with Gasteiger partial charge in [0.25, 0.3) is 0 Å². The molecule has 2 aromatic rings. The van der Waals surface area contributed by atoms with E-state index in [9.17, 15) is 38.7 Å². The number of rotatable bonds is 16. The predicted octanol–water partition coefficient (Wildman–Crippen LogP) is 3.69. The van der Waals surface area contributed by atoms with E-state index in [0.717, 1.165) is 9.80 Å². The maximum Gasteiger partial charge on any atom is 0.246 e.